The molecule has 0 aliphatic carbocycles. The highest BCUT2D eigenvalue weighted by Gasteiger charge is 2.24. The Hall–Kier alpha value is -0.880. The number of rotatable bonds is 1. The summed E-state index contributed by atoms with van der Waals surface area (Å²) in [5.41, 5.74) is 0.812. The number of fused-ring (bicyclic) bond motifs is 1. The zero-order valence-corrected chi connectivity index (χ0v) is 8.50. The lowest BCUT2D eigenvalue weighted by Crippen LogP contribution is -2.21. The first kappa shape index (κ1) is 8.71. The van der Waals surface area contributed by atoms with Gasteiger partial charge in [0, 0.05) is 6.42 Å². The predicted molar refractivity (Wildman–Crippen MR) is 54.1 cm³/mol. The summed E-state index contributed by atoms with van der Waals surface area (Å²) in [6.07, 6.45) is 0.291. The van der Waals surface area contributed by atoms with E-state index in [1.165, 1.54) is 0 Å². The van der Waals surface area contributed by atoms with E-state index in [1.807, 2.05) is 0 Å². The molecule has 0 radical (unpaired) electrons. The highest BCUT2D eigenvalue weighted by Crippen LogP contribution is 2.13. The molecule has 2 aliphatic heterocycles. The molecule has 0 atom stereocenters. The van der Waals surface area contributed by atoms with Gasteiger partial charge in [0.05, 0.1) is 5.71 Å². The minimum Gasteiger partial charge on any atom is -0.274 e. The molecule has 0 amide bonds. The van der Waals surface area contributed by atoms with E-state index in [0.717, 1.165) is 0 Å². The van der Waals surface area contributed by atoms with E-state index in [1.54, 1.807) is 0 Å². The van der Waals surface area contributed by atoms with Crippen molar-refractivity contribution in [2.24, 2.45) is 20.2 Å². The van der Waals surface area contributed by atoms with Crippen molar-refractivity contribution in [2.75, 3.05) is 0 Å². The van der Waals surface area contributed by atoms with Crippen LogP contribution in [-0.2, 0) is 4.79 Å². The third-order valence-corrected chi connectivity index (χ3v) is 2.08. The van der Waals surface area contributed by atoms with Crippen LogP contribution >= 0.6 is 27.5 Å². The molecule has 0 spiro atoms. The lowest BCUT2D eigenvalue weighted by molar-refractivity contribution is -0.106. The van der Waals surface area contributed by atoms with Crippen molar-refractivity contribution in [1.82, 2.24) is 0 Å². The van der Waals surface area contributed by atoms with Crippen LogP contribution in [0.4, 0.5) is 0 Å². The second-order valence-corrected chi connectivity index (χ2v) is 3.41. The Morgan fingerprint density at radius 3 is 2.85 bits per heavy atom. The van der Waals surface area contributed by atoms with Crippen molar-refractivity contribution in [3.63, 3.8) is 0 Å². The Balaban J connectivity index is 2.34. The molecule has 2 heterocycles. The van der Waals surface area contributed by atoms with Gasteiger partial charge in [0.1, 0.15) is 5.71 Å². The molecule has 0 aromatic rings. The van der Waals surface area contributed by atoms with Gasteiger partial charge in [0.2, 0.25) is 0 Å². The van der Waals surface area contributed by atoms with Crippen molar-refractivity contribution < 1.29 is 4.79 Å². The second-order valence-electron chi connectivity index (χ2n) is 2.36. The van der Waals surface area contributed by atoms with Crippen LogP contribution in [-0.4, -0.2) is 27.2 Å². The van der Waals surface area contributed by atoms with Crippen molar-refractivity contribution >= 4 is 54.8 Å². The van der Waals surface area contributed by atoms with E-state index in [0.29, 0.717) is 22.7 Å². The zero-order chi connectivity index (χ0) is 9.42. The van der Waals surface area contributed by atoms with Crippen LogP contribution < -0.4 is 0 Å². The van der Waals surface area contributed by atoms with Gasteiger partial charge in [-0.1, -0.05) is 0 Å². The molecule has 7 heteroatoms. The smallest absolute Gasteiger partial charge is 0.268 e. The summed E-state index contributed by atoms with van der Waals surface area (Å²) < 4.78 is 0.444. The first-order chi connectivity index (χ1) is 6.16. The molecule has 13 heavy (non-hydrogen) atoms. The van der Waals surface area contributed by atoms with Gasteiger partial charge >= 0.3 is 0 Å². The summed E-state index contributed by atoms with van der Waals surface area (Å²) >= 11 is 8.34. The van der Waals surface area contributed by atoms with Gasteiger partial charge in [-0.3, -0.25) is 4.79 Å². The monoisotopic (exact) mass is 260 g/mol. The standard InChI is InChI=1S/C6H2BrClN4O/c7-6-9-3-1-2(4(8)13)11-12-5(3)10-6/h1H2. The molecule has 66 valence electrons. The topological polar surface area (TPSA) is 66.5 Å². The maximum absolute atomic E-state index is 10.7. The number of nitrogens with zero attached hydrogens (tertiary/aromatic N) is 4. The quantitative estimate of drug-likeness (QED) is 0.515. The number of amidine groups is 2. The number of carbonyl (C=O) groups excluding carboxylic acids is 1. The van der Waals surface area contributed by atoms with Gasteiger partial charge in [-0.05, 0) is 27.5 Å². The van der Waals surface area contributed by atoms with Crippen LogP contribution in [0.5, 0.6) is 0 Å². The van der Waals surface area contributed by atoms with E-state index in [2.05, 4.69) is 36.1 Å². The maximum Gasteiger partial charge on any atom is 0.268 e. The highest BCUT2D eigenvalue weighted by atomic mass is 79.9. The maximum atomic E-state index is 10.7. The van der Waals surface area contributed by atoms with Crippen LogP contribution in [0.3, 0.4) is 0 Å². The van der Waals surface area contributed by atoms with E-state index >= 15 is 0 Å². The van der Waals surface area contributed by atoms with E-state index in [4.69, 9.17) is 11.6 Å². The second kappa shape index (κ2) is 3.12. The lowest BCUT2D eigenvalue weighted by atomic mass is 10.1. The number of hydrogen-bond donors (Lipinski definition) is 0. The molecule has 0 unspecified atom stereocenters. The van der Waals surface area contributed by atoms with Crippen LogP contribution in [0.25, 0.3) is 0 Å². The first-order valence-electron chi connectivity index (χ1n) is 3.33. The van der Waals surface area contributed by atoms with Gasteiger partial charge in [0.15, 0.2) is 10.6 Å². The number of aliphatic imine (C=N–C) groups is 2. The molecule has 0 N–H and O–H groups in total. The minimum absolute atomic E-state index is 0.196. The molecule has 5 nitrogen and oxygen atoms in total. The fourth-order valence-electron chi connectivity index (χ4n) is 0.947. The summed E-state index contributed by atoms with van der Waals surface area (Å²) in [4.78, 5) is 18.7. The summed E-state index contributed by atoms with van der Waals surface area (Å²) in [6.45, 7) is 0. The van der Waals surface area contributed by atoms with Crippen LogP contribution in [0, 0.1) is 0 Å². The third-order valence-electron chi connectivity index (χ3n) is 1.51. The number of carbonyl (C=O) groups is 1. The third kappa shape index (κ3) is 1.59. The Morgan fingerprint density at radius 2 is 2.15 bits per heavy atom. The molecule has 2 aliphatic rings. The molecule has 0 fully saturated rings. The van der Waals surface area contributed by atoms with Crippen molar-refractivity contribution in [2.45, 2.75) is 6.42 Å². The highest BCUT2D eigenvalue weighted by molar-refractivity contribution is 9.18. The molecular formula is C6H2BrClN4O. The molecule has 0 aromatic carbocycles. The summed E-state index contributed by atoms with van der Waals surface area (Å²) in [5, 5.41) is 6.71. The minimum atomic E-state index is -0.603. The average molecular weight is 261 g/mol. The molecule has 2 rings (SSSR count). The fourth-order valence-corrected chi connectivity index (χ4v) is 1.43. The predicted octanol–water partition coefficient (Wildman–Crippen LogP) is 1.12. The van der Waals surface area contributed by atoms with Crippen molar-refractivity contribution in [3.8, 4) is 0 Å². The molecule has 0 bridgehead atoms. The zero-order valence-electron chi connectivity index (χ0n) is 6.16. The summed E-state index contributed by atoms with van der Waals surface area (Å²) in [7, 11) is 0. The van der Waals surface area contributed by atoms with Crippen molar-refractivity contribution in [1.29, 1.82) is 0 Å². The number of hydrogen-bond acceptors (Lipinski definition) is 5. The SMILES string of the molecule is O=C(Cl)C1=NN=C2N=C(Br)N=C2C1. The number of halogens is 2. The van der Waals surface area contributed by atoms with Crippen LogP contribution in [0.15, 0.2) is 20.2 Å². The molecule has 0 aromatic heterocycles. The van der Waals surface area contributed by atoms with Crippen LogP contribution in [0.1, 0.15) is 6.42 Å². The van der Waals surface area contributed by atoms with E-state index in [-0.39, 0.29) is 5.71 Å². The van der Waals surface area contributed by atoms with Gasteiger partial charge < -0.3 is 0 Å². The van der Waals surface area contributed by atoms with Gasteiger partial charge in [-0.15, -0.1) is 10.2 Å². The van der Waals surface area contributed by atoms with Gasteiger partial charge in [0.25, 0.3) is 5.24 Å². The summed E-state index contributed by atoms with van der Waals surface area (Å²) in [5.74, 6) is 0.438. The Morgan fingerprint density at radius 1 is 1.38 bits per heavy atom. The Bertz CT molecular complexity index is 409. The summed E-state index contributed by atoms with van der Waals surface area (Å²) in [6, 6.07) is 0. The lowest BCUT2D eigenvalue weighted by Gasteiger charge is -2.03. The molecule has 0 saturated carbocycles. The largest absolute Gasteiger partial charge is 0.274 e. The van der Waals surface area contributed by atoms with Gasteiger partial charge in [-0.2, -0.15) is 4.99 Å². The Kier molecular flexibility index (Phi) is 2.09. The average Bonchev–Trinajstić information content (AvgIpc) is 2.42. The fraction of sp³-hybridized carbons (Fsp3) is 0.167. The van der Waals surface area contributed by atoms with E-state index in [9.17, 15) is 4.79 Å². The van der Waals surface area contributed by atoms with Gasteiger partial charge in [-0.25, -0.2) is 4.99 Å². The van der Waals surface area contributed by atoms with E-state index < -0.39 is 5.24 Å². The van der Waals surface area contributed by atoms with Crippen molar-refractivity contribution in [3.05, 3.63) is 0 Å². The first-order valence-corrected chi connectivity index (χ1v) is 4.50. The normalized spacial score (nSPS) is 19.8. The molecule has 0 saturated heterocycles. The molecular weight excluding hydrogens is 259 g/mol. The van der Waals surface area contributed by atoms with Crippen LogP contribution in [0.2, 0.25) is 0 Å². The Labute approximate surface area is 86.4 Å².